The first-order chi connectivity index (χ1) is 6.22. The quantitative estimate of drug-likeness (QED) is 0.717. The Kier molecular flexibility index (Phi) is 1.72. The summed E-state index contributed by atoms with van der Waals surface area (Å²) >= 11 is 0. The molecular formula is C10H13N3. The highest BCUT2D eigenvalue weighted by atomic mass is 15.2. The van der Waals surface area contributed by atoms with Gasteiger partial charge in [0.25, 0.3) is 0 Å². The maximum absolute atomic E-state index is 4.44. The van der Waals surface area contributed by atoms with Crippen LogP contribution in [0.25, 0.3) is 11.0 Å². The molecule has 68 valence electrons. The van der Waals surface area contributed by atoms with Gasteiger partial charge in [-0.15, -0.1) is 0 Å². The fourth-order valence-electron chi connectivity index (χ4n) is 1.53. The van der Waals surface area contributed by atoms with Crippen LogP contribution in [0.3, 0.4) is 0 Å². The number of benzene rings is 1. The molecule has 0 saturated heterocycles. The number of nitrogens with zero attached hydrogens (tertiary/aromatic N) is 2. The number of hydrogen-bond acceptors (Lipinski definition) is 2. The van der Waals surface area contributed by atoms with Crippen LogP contribution >= 0.6 is 0 Å². The zero-order valence-electron chi connectivity index (χ0n) is 8.13. The first kappa shape index (κ1) is 8.10. The summed E-state index contributed by atoms with van der Waals surface area (Å²) in [4.78, 5) is 4.44. The molecule has 3 heteroatoms. The predicted octanol–water partition coefficient (Wildman–Crippen LogP) is 1.92. The zero-order chi connectivity index (χ0) is 9.42. The monoisotopic (exact) mass is 175 g/mol. The molecule has 2 rings (SSSR count). The highest BCUT2D eigenvalue weighted by Gasteiger charge is 2.04. The van der Waals surface area contributed by atoms with Crippen LogP contribution in [0, 0.1) is 6.92 Å². The van der Waals surface area contributed by atoms with E-state index in [0.717, 1.165) is 17.0 Å². The SMILES string of the molecule is CNc1nc2cc(C)ccc2n1C. The van der Waals surface area contributed by atoms with E-state index in [1.807, 2.05) is 14.1 Å². The summed E-state index contributed by atoms with van der Waals surface area (Å²) in [5, 5.41) is 3.06. The summed E-state index contributed by atoms with van der Waals surface area (Å²) in [6.45, 7) is 2.08. The molecule has 0 unspecified atom stereocenters. The second-order valence-electron chi connectivity index (χ2n) is 3.24. The van der Waals surface area contributed by atoms with Gasteiger partial charge in [-0.2, -0.15) is 0 Å². The minimum atomic E-state index is 0.903. The molecule has 0 spiro atoms. The molecule has 0 amide bonds. The van der Waals surface area contributed by atoms with E-state index in [9.17, 15) is 0 Å². The number of aromatic nitrogens is 2. The molecule has 1 heterocycles. The Labute approximate surface area is 77.4 Å². The predicted molar refractivity (Wildman–Crippen MR) is 55.0 cm³/mol. The molecule has 0 atom stereocenters. The molecule has 3 nitrogen and oxygen atoms in total. The van der Waals surface area contributed by atoms with E-state index in [2.05, 4.69) is 40.0 Å². The van der Waals surface area contributed by atoms with Gasteiger partial charge in [-0.05, 0) is 24.6 Å². The average molecular weight is 175 g/mol. The lowest BCUT2D eigenvalue weighted by Crippen LogP contribution is -1.97. The van der Waals surface area contributed by atoms with Crippen molar-refractivity contribution in [3.63, 3.8) is 0 Å². The Morgan fingerprint density at radius 3 is 2.85 bits per heavy atom. The maximum Gasteiger partial charge on any atom is 0.203 e. The lowest BCUT2D eigenvalue weighted by Gasteiger charge is -1.99. The summed E-state index contributed by atoms with van der Waals surface area (Å²) in [5.41, 5.74) is 3.45. The van der Waals surface area contributed by atoms with Crippen LogP contribution in [0.4, 0.5) is 5.95 Å². The van der Waals surface area contributed by atoms with Gasteiger partial charge in [0.15, 0.2) is 0 Å². The second kappa shape index (κ2) is 2.76. The first-order valence-electron chi connectivity index (χ1n) is 4.33. The largest absolute Gasteiger partial charge is 0.359 e. The van der Waals surface area contributed by atoms with Crippen LogP contribution < -0.4 is 5.32 Å². The molecule has 1 N–H and O–H groups in total. The van der Waals surface area contributed by atoms with E-state index in [4.69, 9.17) is 0 Å². The standard InChI is InChI=1S/C10H13N3/c1-7-4-5-9-8(6-7)12-10(11-2)13(9)3/h4-6H,1-3H3,(H,11,12). The molecule has 0 aliphatic heterocycles. The third-order valence-corrected chi connectivity index (χ3v) is 2.26. The van der Waals surface area contributed by atoms with Gasteiger partial charge in [-0.25, -0.2) is 4.98 Å². The molecular weight excluding hydrogens is 162 g/mol. The molecule has 0 bridgehead atoms. The van der Waals surface area contributed by atoms with Gasteiger partial charge < -0.3 is 9.88 Å². The van der Waals surface area contributed by atoms with Crippen LogP contribution in [0.5, 0.6) is 0 Å². The third-order valence-electron chi connectivity index (χ3n) is 2.26. The fourth-order valence-corrected chi connectivity index (χ4v) is 1.53. The van der Waals surface area contributed by atoms with Crippen molar-refractivity contribution in [3.8, 4) is 0 Å². The zero-order valence-corrected chi connectivity index (χ0v) is 8.13. The molecule has 1 aromatic carbocycles. The molecule has 1 aromatic heterocycles. The van der Waals surface area contributed by atoms with Crippen molar-refractivity contribution in [2.24, 2.45) is 7.05 Å². The molecule has 0 saturated carbocycles. The van der Waals surface area contributed by atoms with E-state index in [1.165, 1.54) is 5.56 Å². The Balaban J connectivity index is 2.76. The Hall–Kier alpha value is -1.51. The van der Waals surface area contributed by atoms with Gasteiger partial charge in [0.1, 0.15) is 0 Å². The highest BCUT2D eigenvalue weighted by molar-refractivity contribution is 5.79. The number of aryl methyl sites for hydroxylation is 2. The van der Waals surface area contributed by atoms with Crippen molar-refractivity contribution in [1.29, 1.82) is 0 Å². The number of fused-ring (bicyclic) bond motifs is 1. The number of hydrogen-bond donors (Lipinski definition) is 1. The van der Waals surface area contributed by atoms with E-state index in [0.29, 0.717) is 0 Å². The van der Waals surface area contributed by atoms with Crippen LogP contribution in [-0.4, -0.2) is 16.6 Å². The molecule has 2 aromatic rings. The number of imidazole rings is 1. The van der Waals surface area contributed by atoms with Gasteiger partial charge in [0.05, 0.1) is 11.0 Å². The second-order valence-corrected chi connectivity index (χ2v) is 3.24. The maximum atomic E-state index is 4.44. The molecule has 13 heavy (non-hydrogen) atoms. The van der Waals surface area contributed by atoms with Gasteiger partial charge in [0.2, 0.25) is 5.95 Å². The van der Waals surface area contributed by atoms with Crippen LogP contribution in [-0.2, 0) is 7.05 Å². The average Bonchev–Trinajstić information content (AvgIpc) is 2.42. The molecule has 0 fully saturated rings. The summed E-state index contributed by atoms with van der Waals surface area (Å²) in [7, 11) is 3.89. The minimum Gasteiger partial charge on any atom is -0.359 e. The summed E-state index contributed by atoms with van der Waals surface area (Å²) in [6.07, 6.45) is 0. The topological polar surface area (TPSA) is 29.9 Å². The Morgan fingerprint density at radius 2 is 2.15 bits per heavy atom. The number of nitrogens with one attached hydrogen (secondary N) is 1. The van der Waals surface area contributed by atoms with Crippen LogP contribution in [0.1, 0.15) is 5.56 Å². The molecule has 0 aliphatic rings. The smallest absolute Gasteiger partial charge is 0.203 e. The van der Waals surface area contributed by atoms with Crippen molar-refractivity contribution in [1.82, 2.24) is 9.55 Å². The molecule has 0 radical (unpaired) electrons. The number of anilines is 1. The minimum absolute atomic E-state index is 0.903. The van der Waals surface area contributed by atoms with Gasteiger partial charge in [0, 0.05) is 14.1 Å². The van der Waals surface area contributed by atoms with Gasteiger partial charge in [-0.3, -0.25) is 0 Å². The highest BCUT2D eigenvalue weighted by Crippen LogP contribution is 2.18. The lowest BCUT2D eigenvalue weighted by atomic mass is 10.2. The Bertz CT molecular complexity index is 443. The summed E-state index contributed by atoms with van der Waals surface area (Å²) in [5.74, 6) is 0.903. The summed E-state index contributed by atoms with van der Waals surface area (Å²) < 4.78 is 2.05. The normalized spacial score (nSPS) is 10.7. The van der Waals surface area contributed by atoms with Gasteiger partial charge in [-0.1, -0.05) is 6.07 Å². The van der Waals surface area contributed by atoms with Crippen molar-refractivity contribution in [3.05, 3.63) is 23.8 Å². The summed E-state index contributed by atoms with van der Waals surface area (Å²) in [6, 6.07) is 6.29. The van der Waals surface area contributed by atoms with Crippen molar-refractivity contribution >= 4 is 17.0 Å². The Morgan fingerprint density at radius 1 is 1.38 bits per heavy atom. The van der Waals surface area contributed by atoms with Crippen LogP contribution in [0.15, 0.2) is 18.2 Å². The van der Waals surface area contributed by atoms with E-state index in [-0.39, 0.29) is 0 Å². The first-order valence-corrected chi connectivity index (χ1v) is 4.33. The van der Waals surface area contributed by atoms with E-state index < -0.39 is 0 Å². The van der Waals surface area contributed by atoms with E-state index in [1.54, 1.807) is 0 Å². The van der Waals surface area contributed by atoms with Gasteiger partial charge >= 0.3 is 0 Å². The van der Waals surface area contributed by atoms with Crippen molar-refractivity contribution in [2.45, 2.75) is 6.92 Å². The van der Waals surface area contributed by atoms with E-state index >= 15 is 0 Å². The van der Waals surface area contributed by atoms with Crippen LogP contribution in [0.2, 0.25) is 0 Å². The van der Waals surface area contributed by atoms with Crippen molar-refractivity contribution < 1.29 is 0 Å². The van der Waals surface area contributed by atoms with Crippen molar-refractivity contribution in [2.75, 3.05) is 12.4 Å². The lowest BCUT2D eigenvalue weighted by molar-refractivity contribution is 0.952. The molecule has 0 aliphatic carbocycles. The fraction of sp³-hybridized carbons (Fsp3) is 0.300. The number of rotatable bonds is 1. The third kappa shape index (κ3) is 1.16.